The van der Waals surface area contributed by atoms with Gasteiger partial charge < -0.3 is 23.3 Å². The molecule has 46 heavy (non-hydrogen) atoms. The van der Waals surface area contributed by atoms with Crippen molar-refractivity contribution in [3.63, 3.8) is 0 Å². The third kappa shape index (κ3) is 6.40. The van der Waals surface area contributed by atoms with Crippen LogP contribution in [0.25, 0.3) is 0 Å². The number of hydrogen-bond donors (Lipinski definition) is 0. The van der Waals surface area contributed by atoms with E-state index in [2.05, 4.69) is 13.8 Å². The molecule has 0 aromatic rings. The third-order valence-corrected chi connectivity index (χ3v) is 12.5. The van der Waals surface area contributed by atoms with Crippen LogP contribution < -0.4 is 0 Å². The van der Waals surface area contributed by atoms with Crippen LogP contribution in [0.3, 0.4) is 0 Å². The molecule has 8 bridgehead atoms. The maximum atomic E-state index is 15.4. The van der Waals surface area contributed by atoms with Crippen LogP contribution in [0.15, 0.2) is 0 Å². The molecule has 2 atom stereocenters. The average molecular weight is 659 g/mol. The summed E-state index contributed by atoms with van der Waals surface area (Å²) in [6.45, 7) is 9.07. The molecule has 9 aliphatic carbocycles. The molecular formula is C37H55F5O4. The van der Waals surface area contributed by atoms with Crippen molar-refractivity contribution in [3.05, 3.63) is 28.7 Å². The van der Waals surface area contributed by atoms with Crippen molar-refractivity contribution in [3.8, 4) is 0 Å². The van der Waals surface area contributed by atoms with Crippen LogP contribution >= 0.6 is 0 Å². The largest absolute Gasteiger partial charge is 0.459 e. The molecular weight excluding hydrogens is 603 g/mol. The van der Waals surface area contributed by atoms with Crippen molar-refractivity contribution in [2.75, 3.05) is 0 Å². The maximum absolute atomic E-state index is 15.4. The Hall–Kier alpha value is -1.67. The van der Waals surface area contributed by atoms with Gasteiger partial charge in [0.15, 0.2) is 0 Å². The van der Waals surface area contributed by atoms with Crippen LogP contribution in [0.1, 0.15) is 116 Å². The van der Waals surface area contributed by atoms with Crippen LogP contribution in [0, 0.1) is 76.0 Å². The molecule has 0 aromatic carbocycles. The molecule has 0 spiro atoms. The minimum atomic E-state index is -4.29. The Balaban J connectivity index is 0.000000219. The lowest BCUT2D eigenvalue weighted by molar-refractivity contribution is -0.294. The third-order valence-electron chi connectivity index (χ3n) is 12.5. The number of carbonyl (C=O) groups is 2. The van der Waals surface area contributed by atoms with Gasteiger partial charge in [0.05, 0.1) is 5.92 Å². The molecule has 9 saturated carbocycles. The smallest absolute Gasteiger partial charge is 0.310 e. The van der Waals surface area contributed by atoms with Gasteiger partial charge in [0.1, 0.15) is 11.2 Å². The average Bonchev–Trinajstić information content (AvgIpc) is 2.90. The Kier molecular flexibility index (Phi) is 10.5. The Morgan fingerprint density at radius 2 is 0.957 bits per heavy atom. The van der Waals surface area contributed by atoms with Crippen LogP contribution in [0.2, 0.25) is 0 Å². The zero-order valence-electron chi connectivity index (χ0n) is 28.1. The minimum absolute atomic E-state index is 0. The quantitative estimate of drug-likeness (QED) is 0.155. The second-order valence-corrected chi connectivity index (χ2v) is 16.0. The summed E-state index contributed by atoms with van der Waals surface area (Å²) in [5, 5.41) is 0. The molecule has 2 unspecified atom stereocenters. The summed E-state index contributed by atoms with van der Waals surface area (Å²) < 4.78 is 84.3. The highest BCUT2D eigenvalue weighted by atomic mass is 19.3. The molecule has 0 heterocycles. The molecule has 0 aliphatic heterocycles. The Morgan fingerprint density at radius 1 is 0.630 bits per heavy atom. The van der Waals surface area contributed by atoms with E-state index in [4.69, 9.17) is 9.47 Å². The summed E-state index contributed by atoms with van der Waals surface area (Å²) in [5.74, 6) is -8.42. The first-order valence-electron chi connectivity index (χ1n) is 17.1. The van der Waals surface area contributed by atoms with Gasteiger partial charge in [-0.05, 0) is 119 Å². The van der Waals surface area contributed by atoms with Gasteiger partial charge in [0.25, 0.3) is 11.8 Å². The first kappa shape index (κ1) is 37.2. The zero-order valence-corrected chi connectivity index (χ0v) is 28.1. The Bertz CT molecular complexity index is 1020. The van der Waals surface area contributed by atoms with Gasteiger partial charge in [-0.3, -0.25) is 9.59 Å². The van der Waals surface area contributed by atoms with Gasteiger partial charge in [0.2, 0.25) is 5.67 Å². The van der Waals surface area contributed by atoms with Crippen molar-refractivity contribution < 1.29 is 41.0 Å². The standard InChI is InChI=1S/C20H26F5O2.C15H23O2.2CH3/c1-2-15(20(25)18(21,22)4-3-5-19(20,23)24)16(26)27-17-9-12-6-13(10-17)8-14(7-12)11-17;1-3-10(2)14(16)17-15-7-11-4-12(8-15)6-13(5-11)9-15;;/h12-15H,1-11H2;10-13H,1,3-9H2,2H3;2*1H3/q2*-1;2*+1. The molecule has 0 amide bonds. The summed E-state index contributed by atoms with van der Waals surface area (Å²) in [6, 6.07) is 0. The van der Waals surface area contributed by atoms with E-state index in [0.717, 1.165) is 56.3 Å². The highest BCUT2D eigenvalue weighted by Gasteiger charge is 2.75. The van der Waals surface area contributed by atoms with Gasteiger partial charge in [-0.2, -0.15) is 12.8 Å². The fourth-order valence-corrected chi connectivity index (χ4v) is 11.2. The van der Waals surface area contributed by atoms with Gasteiger partial charge >= 0.3 is 11.9 Å². The summed E-state index contributed by atoms with van der Waals surface area (Å²) in [6.07, 6.45) is 10.1. The van der Waals surface area contributed by atoms with Crippen molar-refractivity contribution in [1.29, 1.82) is 0 Å². The fourth-order valence-electron chi connectivity index (χ4n) is 11.2. The monoisotopic (exact) mass is 658 g/mol. The van der Waals surface area contributed by atoms with Crippen molar-refractivity contribution in [1.82, 2.24) is 0 Å². The maximum Gasteiger partial charge on any atom is 0.310 e. The summed E-state index contributed by atoms with van der Waals surface area (Å²) in [4.78, 5) is 24.8. The minimum Gasteiger partial charge on any atom is -0.459 e. The van der Waals surface area contributed by atoms with E-state index in [9.17, 15) is 27.2 Å². The topological polar surface area (TPSA) is 52.6 Å². The fraction of sp³-hybridized carbons (Fsp3) is 0.838. The Morgan fingerprint density at radius 3 is 1.26 bits per heavy atom. The first-order chi connectivity index (χ1) is 20.6. The normalized spacial score (nSPS) is 41.1. The van der Waals surface area contributed by atoms with E-state index in [1.54, 1.807) is 0 Å². The van der Waals surface area contributed by atoms with Crippen LogP contribution in [-0.2, 0) is 19.1 Å². The number of carbonyl (C=O) groups excluding carboxylic acids is 2. The number of halogens is 5. The van der Waals surface area contributed by atoms with Gasteiger partial charge in [-0.25, -0.2) is 22.0 Å². The van der Waals surface area contributed by atoms with E-state index in [1.165, 1.54) is 19.3 Å². The predicted molar refractivity (Wildman–Crippen MR) is 167 cm³/mol. The Labute approximate surface area is 273 Å². The van der Waals surface area contributed by atoms with Crippen molar-refractivity contribution in [2.24, 2.45) is 47.3 Å². The van der Waals surface area contributed by atoms with E-state index >= 15 is 4.39 Å². The molecule has 0 aromatic heterocycles. The summed E-state index contributed by atoms with van der Waals surface area (Å²) >= 11 is 0. The number of ether oxygens (including phenoxy) is 2. The first-order valence-corrected chi connectivity index (χ1v) is 17.1. The van der Waals surface area contributed by atoms with E-state index in [-0.39, 0.29) is 32.3 Å². The second kappa shape index (κ2) is 13.0. The lowest BCUT2D eigenvalue weighted by atomic mass is 9.54. The second-order valence-electron chi connectivity index (χ2n) is 16.0. The molecule has 9 rings (SSSR count). The van der Waals surface area contributed by atoms with Gasteiger partial charge in [0, 0.05) is 33.6 Å². The van der Waals surface area contributed by atoms with Crippen LogP contribution in [0.5, 0.6) is 0 Å². The van der Waals surface area contributed by atoms with Crippen LogP contribution in [0.4, 0.5) is 22.0 Å². The molecule has 9 heteroatoms. The van der Waals surface area contributed by atoms with Crippen molar-refractivity contribution >= 4 is 11.9 Å². The summed E-state index contributed by atoms with van der Waals surface area (Å²) in [7, 11) is 0. The number of hydrogen-bond acceptors (Lipinski definition) is 4. The van der Waals surface area contributed by atoms with E-state index < -0.39 is 60.7 Å². The molecule has 9 fully saturated rings. The molecule has 4 nitrogen and oxygen atoms in total. The van der Waals surface area contributed by atoms with Gasteiger partial charge in [-0.15, -0.1) is 0 Å². The number of rotatable bonds is 7. The number of alkyl halides is 5. The predicted octanol–water partition coefficient (Wildman–Crippen LogP) is 9.76. The molecule has 0 N–H and O–H groups in total. The van der Waals surface area contributed by atoms with Crippen molar-refractivity contribution in [2.45, 2.75) is 145 Å². The zero-order chi connectivity index (χ0) is 31.7. The highest BCUT2D eigenvalue weighted by molar-refractivity contribution is 5.75. The highest BCUT2D eigenvalue weighted by Crippen LogP contribution is 2.60. The SMILES string of the molecule is [CH2-]CC(C(=O)OC12CC3CC(CC(C3)C1)C2)C1(F)C(F)(F)CCCC1(F)F.[CH2-]CC(C)C(=O)OC12CC3CC(CC(C3)C1)C2.[CH3+].[CH3+]. The molecule has 0 saturated heterocycles. The van der Waals surface area contributed by atoms with E-state index in [0.29, 0.717) is 43.4 Å². The molecule has 0 radical (unpaired) electrons. The van der Waals surface area contributed by atoms with E-state index in [1.807, 2.05) is 6.92 Å². The summed E-state index contributed by atoms with van der Waals surface area (Å²) in [5.41, 5.74) is -5.12. The van der Waals surface area contributed by atoms with Gasteiger partial charge in [-0.1, -0.05) is 6.92 Å². The molecule has 9 aliphatic rings. The molecule has 262 valence electrons. The van der Waals surface area contributed by atoms with Crippen LogP contribution in [-0.4, -0.2) is 40.7 Å². The number of esters is 2. The lowest BCUT2D eigenvalue weighted by Crippen LogP contribution is -2.66. The lowest BCUT2D eigenvalue weighted by Gasteiger charge is -2.56.